The van der Waals surface area contributed by atoms with E-state index in [9.17, 15) is 4.79 Å². The van der Waals surface area contributed by atoms with Crippen LogP contribution in [0.2, 0.25) is 0 Å². The first-order valence-electron chi connectivity index (χ1n) is 11.2. The molecule has 28 heavy (non-hydrogen) atoms. The van der Waals surface area contributed by atoms with Crippen molar-refractivity contribution in [3.8, 4) is 0 Å². The van der Waals surface area contributed by atoms with Crippen molar-refractivity contribution >= 4 is 5.91 Å². The molecule has 0 saturated carbocycles. The molecule has 0 spiro atoms. The SMILES string of the molecule is CCN1CCN(C2(C(=O)NCCC3CCCCO3)Cc3ccccc3C2)CC1. The van der Waals surface area contributed by atoms with Crippen LogP contribution in [-0.4, -0.2) is 73.2 Å². The van der Waals surface area contributed by atoms with E-state index in [1.807, 2.05) is 0 Å². The van der Waals surface area contributed by atoms with Gasteiger partial charge in [0.05, 0.1) is 6.10 Å². The zero-order chi connectivity index (χ0) is 19.4. The number of carbonyl (C=O) groups is 1. The molecule has 1 unspecified atom stereocenters. The van der Waals surface area contributed by atoms with E-state index in [-0.39, 0.29) is 5.91 Å². The van der Waals surface area contributed by atoms with Crippen LogP contribution in [0.25, 0.3) is 0 Å². The zero-order valence-corrected chi connectivity index (χ0v) is 17.3. The van der Waals surface area contributed by atoms with Crippen molar-refractivity contribution in [3.05, 3.63) is 35.4 Å². The third-order valence-electron chi connectivity index (χ3n) is 6.96. The molecular formula is C23H35N3O2. The summed E-state index contributed by atoms with van der Waals surface area (Å²) < 4.78 is 5.83. The number of ether oxygens (including phenoxy) is 1. The Bertz CT molecular complexity index is 639. The molecular weight excluding hydrogens is 350 g/mol. The summed E-state index contributed by atoms with van der Waals surface area (Å²) in [6.45, 7) is 8.96. The number of nitrogens with zero attached hydrogens (tertiary/aromatic N) is 2. The molecule has 4 rings (SSSR count). The Balaban J connectivity index is 1.43. The number of fused-ring (bicyclic) bond motifs is 1. The lowest BCUT2D eigenvalue weighted by Gasteiger charge is -2.44. The Kier molecular flexibility index (Phi) is 6.34. The molecule has 1 atom stereocenters. The normalized spacial score (nSPS) is 25.4. The molecule has 1 N–H and O–H groups in total. The van der Waals surface area contributed by atoms with Gasteiger partial charge in [-0.15, -0.1) is 0 Å². The van der Waals surface area contributed by atoms with Gasteiger partial charge in [0.1, 0.15) is 5.54 Å². The average Bonchev–Trinajstić information content (AvgIpc) is 3.15. The molecule has 5 nitrogen and oxygen atoms in total. The standard InChI is InChI=1S/C23H35N3O2/c1-2-25-12-14-26(15-13-25)23(17-19-7-3-4-8-20(19)18-23)22(27)24-11-10-21-9-5-6-16-28-21/h3-4,7-8,21H,2,5-6,9-18H2,1H3,(H,24,27). The van der Waals surface area contributed by atoms with Gasteiger partial charge in [-0.25, -0.2) is 0 Å². The molecule has 154 valence electrons. The van der Waals surface area contributed by atoms with E-state index in [0.717, 1.165) is 71.6 Å². The summed E-state index contributed by atoms with van der Waals surface area (Å²) in [5.74, 6) is 0.212. The van der Waals surface area contributed by atoms with Crippen molar-refractivity contribution in [2.24, 2.45) is 0 Å². The second kappa shape index (κ2) is 8.93. The summed E-state index contributed by atoms with van der Waals surface area (Å²) in [6.07, 6.45) is 6.47. The smallest absolute Gasteiger partial charge is 0.241 e. The molecule has 5 heteroatoms. The molecule has 0 bridgehead atoms. The van der Waals surface area contributed by atoms with E-state index >= 15 is 0 Å². The summed E-state index contributed by atoms with van der Waals surface area (Å²) in [6, 6.07) is 8.59. The molecule has 0 radical (unpaired) electrons. The van der Waals surface area contributed by atoms with Gasteiger partial charge in [0.2, 0.25) is 5.91 Å². The minimum Gasteiger partial charge on any atom is -0.378 e. The van der Waals surface area contributed by atoms with Crippen LogP contribution in [0.15, 0.2) is 24.3 Å². The topological polar surface area (TPSA) is 44.8 Å². The highest BCUT2D eigenvalue weighted by molar-refractivity contribution is 5.88. The number of benzene rings is 1. The Labute approximate surface area is 169 Å². The van der Waals surface area contributed by atoms with E-state index < -0.39 is 5.54 Å². The largest absolute Gasteiger partial charge is 0.378 e. The molecule has 2 saturated heterocycles. The number of likely N-dealkylation sites (N-methyl/N-ethyl adjacent to an activating group) is 1. The molecule has 2 heterocycles. The summed E-state index contributed by atoms with van der Waals surface area (Å²) >= 11 is 0. The molecule has 2 fully saturated rings. The van der Waals surface area contributed by atoms with Crippen molar-refractivity contribution in [1.29, 1.82) is 0 Å². The van der Waals surface area contributed by atoms with Gasteiger partial charge in [-0.1, -0.05) is 31.2 Å². The van der Waals surface area contributed by atoms with Gasteiger partial charge >= 0.3 is 0 Å². The highest BCUT2D eigenvalue weighted by Gasteiger charge is 2.48. The fourth-order valence-electron chi connectivity index (χ4n) is 5.16. The van der Waals surface area contributed by atoms with Crippen molar-refractivity contribution in [3.63, 3.8) is 0 Å². The predicted molar refractivity (Wildman–Crippen MR) is 111 cm³/mol. The monoisotopic (exact) mass is 385 g/mol. The summed E-state index contributed by atoms with van der Waals surface area (Å²) in [5.41, 5.74) is 2.26. The zero-order valence-electron chi connectivity index (χ0n) is 17.3. The number of nitrogens with one attached hydrogen (secondary N) is 1. The van der Waals surface area contributed by atoms with Gasteiger partial charge in [-0.2, -0.15) is 0 Å². The lowest BCUT2D eigenvalue weighted by molar-refractivity contribution is -0.134. The number of hydrogen-bond acceptors (Lipinski definition) is 4. The molecule has 3 aliphatic rings. The molecule has 1 aromatic rings. The maximum Gasteiger partial charge on any atom is 0.241 e. The third kappa shape index (κ3) is 4.12. The second-order valence-corrected chi connectivity index (χ2v) is 8.61. The predicted octanol–water partition coefficient (Wildman–Crippen LogP) is 2.24. The minimum absolute atomic E-state index is 0.212. The van der Waals surface area contributed by atoms with Crippen LogP contribution in [0.5, 0.6) is 0 Å². The van der Waals surface area contributed by atoms with Gasteiger partial charge in [0, 0.05) is 52.2 Å². The van der Waals surface area contributed by atoms with Crippen LogP contribution in [0.4, 0.5) is 0 Å². The van der Waals surface area contributed by atoms with E-state index in [1.165, 1.54) is 24.0 Å². The van der Waals surface area contributed by atoms with Crippen LogP contribution in [0.1, 0.15) is 43.7 Å². The van der Waals surface area contributed by atoms with E-state index in [1.54, 1.807) is 0 Å². The Morgan fingerprint density at radius 2 is 1.86 bits per heavy atom. The minimum atomic E-state index is -0.420. The highest BCUT2D eigenvalue weighted by Crippen LogP contribution is 2.35. The summed E-state index contributed by atoms with van der Waals surface area (Å²) in [7, 11) is 0. The second-order valence-electron chi connectivity index (χ2n) is 8.61. The lowest BCUT2D eigenvalue weighted by Crippen LogP contribution is -2.64. The molecule has 0 aromatic heterocycles. The summed E-state index contributed by atoms with van der Waals surface area (Å²) in [4.78, 5) is 18.5. The molecule has 1 aromatic carbocycles. The highest BCUT2D eigenvalue weighted by atomic mass is 16.5. The van der Waals surface area contributed by atoms with Gasteiger partial charge in [-0.05, 0) is 43.4 Å². The van der Waals surface area contributed by atoms with Gasteiger partial charge in [-0.3, -0.25) is 9.69 Å². The Hall–Kier alpha value is -1.43. The Morgan fingerprint density at radius 1 is 1.14 bits per heavy atom. The van der Waals surface area contributed by atoms with Crippen LogP contribution in [0.3, 0.4) is 0 Å². The average molecular weight is 386 g/mol. The maximum absolute atomic E-state index is 13.5. The third-order valence-corrected chi connectivity index (χ3v) is 6.96. The van der Waals surface area contributed by atoms with Crippen LogP contribution >= 0.6 is 0 Å². The van der Waals surface area contributed by atoms with Crippen molar-refractivity contribution in [2.45, 2.75) is 57.1 Å². The fraction of sp³-hybridized carbons (Fsp3) is 0.696. The van der Waals surface area contributed by atoms with Crippen molar-refractivity contribution in [1.82, 2.24) is 15.1 Å². The number of rotatable bonds is 6. The quantitative estimate of drug-likeness (QED) is 0.816. The number of carbonyl (C=O) groups excluding carboxylic acids is 1. The van der Waals surface area contributed by atoms with Crippen molar-refractivity contribution < 1.29 is 9.53 Å². The molecule has 1 aliphatic carbocycles. The first kappa shape index (κ1) is 19.9. The number of amides is 1. The van der Waals surface area contributed by atoms with Crippen LogP contribution in [0, 0.1) is 0 Å². The summed E-state index contributed by atoms with van der Waals surface area (Å²) in [5, 5.41) is 3.30. The Morgan fingerprint density at radius 3 is 2.46 bits per heavy atom. The first-order chi connectivity index (χ1) is 13.7. The fourth-order valence-corrected chi connectivity index (χ4v) is 5.16. The number of hydrogen-bond donors (Lipinski definition) is 1. The number of piperazine rings is 1. The van der Waals surface area contributed by atoms with E-state index in [2.05, 4.69) is 46.3 Å². The maximum atomic E-state index is 13.5. The van der Waals surface area contributed by atoms with Crippen molar-refractivity contribution in [2.75, 3.05) is 45.9 Å². The van der Waals surface area contributed by atoms with Gasteiger partial charge in [0.25, 0.3) is 0 Å². The molecule has 2 aliphatic heterocycles. The lowest BCUT2D eigenvalue weighted by atomic mass is 9.90. The van der Waals surface area contributed by atoms with E-state index in [4.69, 9.17) is 4.74 Å². The molecule has 1 amide bonds. The van der Waals surface area contributed by atoms with Gasteiger partial charge in [0.15, 0.2) is 0 Å². The van der Waals surface area contributed by atoms with Crippen LogP contribution in [-0.2, 0) is 22.4 Å². The van der Waals surface area contributed by atoms with E-state index in [0.29, 0.717) is 6.10 Å². The van der Waals surface area contributed by atoms with Crippen LogP contribution < -0.4 is 5.32 Å². The first-order valence-corrected chi connectivity index (χ1v) is 11.2. The van der Waals surface area contributed by atoms with Gasteiger partial charge < -0.3 is 15.0 Å².